The number of aliphatic hydroxyl groups excluding tert-OH is 1. The Morgan fingerprint density at radius 1 is 1.35 bits per heavy atom. The monoisotopic (exact) mass is 295 g/mol. The van der Waals surface area contributed by atoms with Gasteiger partial charge >= 0.3 is 0 Å². The molecule has 0 amide bonds. The van der Waals surface area contributed by atoms with Crippen LogP contribution in [0.2, 0.25) is 0 Å². The lowest BCUT2D eigenvalue weighted by molar-refractivity contribution is 0.278. The van der Waals surface area contributed by atoms with E-state index in [0.717, 1.165) is 5.56 Å². The largest absolute Gasteiger partial charge is 0.392 e. The Balaban J connectivity index is 2.39. The number of H-pyrrole nitrogens is 1. The molecule has 2 aromatic rings. The van der Waals surface area contributed by atoms with Crippen molar-refractivity contribution in [3.05, 3.63) is 41.6 Å². The molecule has 3 N–H and O–H groups in total. The zero-order chi connectivity index (χ0) is 14.8. The Kier molecular flexibility index (Phi) is 4.10. The predicted octanol–water partition coefficient (Wildman–Crippen LogP) is 1.83. The van der Waals surface area contributed by atoms with E-state index in [-0.39, 0.29) is 16.5 Å². The number of nitrogens with zero attached hydrogens (tertiary/aromatic N) is 1. The van der Waals surface area contributed by atoms with Gasteiger partial charge in [0.1, 0.15) is 0 Å². The molecular formula is C13H17N3O3S. The number of aliphatic hydroxyl groups is 1. The summed E-state index contributed by atoms with van der Waals surface area (Å²) in [4.78, 5) is 0. The van der Waals surface area contributed by atoms with Crippen molar-refractivity contribution in [2.45, 2.75) is 31.4 Å². The highest BCUT2D eigenvalue weighted by atomic mass is 32.2. The topological polar surface area (TPSA) is 95.1 Å². The summed E-state index contributed by atoms with van der Waals surface area (Å²) in [5.74, 6) is 0.188. The number of sulfonamides is 1. The Bertz CT molecular complexity index is 692. The molecule has 0 saturated carbocycles. The molecule has 0 aliphatic heterocycles. The van der Waals surface area contributed by atoms with E-state index in [1.807, 2.05) is 26.0 Å². The zero-order valence-corrected chi connectivity index (χ0v) is 12.1. The van der Waals surface area contributed by atoms with Gasteiger partial charge in [-0.3, -0.25) is 9.82 Å². The molecule has 0 spiro atoms. The van der Waals surface area contributed by atoms with Crippen molar-refractivity contribution in [1.29, 1.82) is 0 Å². The molecular weight excluding hydrogens is 278 g/mol. The van der Waals surface area contributed by atoms with Gasteiger partial charge in [-0.05, 0) is 17.5 Å². The van der Waals surface area contributed by atoms with Crippen LogP contribution in [0.1, 0.15) is 30.9 Å². The fraction of sp³-hybridized carbons (Fsp3) is 0.308. The third-order valence-corrected chi connectivity index (χ3v) is 4.32. The molecule has 0 radical (unpaired) electrons. The number of rotatable bonds is 5. The van der Waals surface area contributed by atoms with Crippen molar-refractivity contribution in [3.63, 3.8) is 0 Å². The minimum Gasteiger partial charge on any atom is -0.392 e. The lowest BCUT2D eigenvalue weighted by Crippen LogP contribution is -2.16. The third-order valence-electron chi connectivity index (χ3n) is 2.94. The van der Waals surface area contributed by atoms with E-state index < -0.39 is 16.6 Å². The highest BCUT2D eigenvalue weighted by Crippen LogP contribution is 2.26. The van der Waals surface area contributed by atoms with Crippen molar-refractivity contribution in [3.8, 4) is 0 Å². The number of hydrogen-bond donors (Lipinski definition) is 3. The number of hydrogen-bond acceptors (Lipinski definition) is 4. The van der Waals surface area contributed by atoms with Gasteiger partial charge in [0.25, 0.3) is 10.0 Å². The third kappa shape index (κ3) is 2.83. The van der Waals surface area contributed by atoms with Gasteiger partial charge in [0, 0.05) is 5.56 Å². The van der Waals surface area contributed by atoms with Gasteiger partial charge in [-0.25, -0.2) is 0 Å². The first-order valence-corrected chi connectivity index (χ1v) is 7.69. The van der Waals surface area contributed by atoms with Gasteiger partial charge in [0.15, 0.2) is 5.03 Å². The lowest BCUT2D eigenvalue weighted by atomic mass is 10.0. The molecule has 7 heteroatoms. The summed E-state index contributed by atoms with van der Waals surface area (Å²) < 4.78 is 27.2. The Hall–Kier alpha value is -1.86. The quantitative estimate of drug-likeness (QED) is 0.784. The number of aromatic amines is 1. The molecule has 1 heterocycles. The van der Waals surface area contributed by atoms with Crippen LogP contribution in [-0.4, -0.2) is 23.7 Å². The number of benzene rings is 1. The zero-order valence-electron chi connectivity index (χ0n) is 11.3. The van der Waals surface area contributed by atoms with Crippen LogP contribution in [0.15, 0.2) is 35.5 Å². The summed E-state index contributed by atoms with van der Waals surface area (Å²) in [7, 11) is -3.80. The Labute approximate surface area is 117 Å². The Morgan fingerprint density at radius 3 is 2.70 bits per heavy atom. The molecule has 0 atom stereocenters. The molecule has 0 unspecified atom stereocenters. The average Bonchev–Trinajstić information content (AvgIpc) is 2.87. The summed E-state index contributed by atoms with van der Waals surface area (Å²) in [5.41, 5.74) is 1.67. The van der Waals surface area contributed by atoms with Gasteiger partial charge < -0.3 is 5.11 Å². The summed E-state index contributed by atoms with van der Waals surface area (Å²) in [5, 5.41) is 15.1. The van der Waals surface area contributed by atoms with E-state index in [1.165, 1.54) is 6.20 Å². The number of para-hydroxylation sites is 1. The number of aromatic nitrogens is 2. The van der Waals surface area contributed by atoms with Crippen LogP contribution in [-0.2, 0) is 16.6 Å². The molecule has 0 fully saturated rings. The molecule has 1 aromatic carbocycles. The molecule has 20 heavy (non-hydrogen) atoms. The second kappa shape index (κ2) is 5.64. The lowest BCUT2D eigenvalue weighted by Gasteiger charge is -2.14. The second-order valence-electron chi connectivity index (χ2n) is 4.73. The van der Waals surface area contributed by atoms with E-state index in [2.05, 4.69) is 14.9 Å². The average molecular weight is 295 g/mol. The van der Waals surface area contributed by atoms with E-state index >= 15 is 0 Å². The van der Waals surface area contributed by atoms with E-state index in [0.29, 0.717) is 5.69 Å². The highest BCUT2D eigenvalue weighted by Gasteiger charge is 2.21. The van der Waals surface area contributed by atoms with Crippen LogP contribution in [0.3, 0.4) is 0 Å². The fourth-order valence-electron chi connectivity index (χ4n) is 1.93. The van der Waals surface area contributed by atoms with Gasteiger partial charge in [0.2, 0.25) is 0 Å². The normalized spacial score (nSPS) is 11.8. The minimum atomic E-state index is -3.80. The van der Waals surface area contributed by atoms with Gasteiger partial charge in [-0.1, -0.05) is 32.0 Å². The smallest absolute Gasteiger partial charge is 0.279 e. The van der Waals surface area contributed by atoms with Crippen molar-refractivity contribution in [2.24, 2.45) is 0 Å². The van der Waals surface area contributed by atoms with Gasteiger partial charge in [0.05, 0.1) is 18.5 Å². The van der Waals surface area contributed by atoms with E-state index in [4.69, 9.17) is 5.11 Å². The van der Waals surface area contributed by atoms with Crippen molar-refractivity contribution < 1.29 is 13.5 Å². The SMILES string of the molecule is CC(C)c1ccccc1NS(=O)(=O)c1[nH]ncc1CO. The van der Waals surface area contributed by atoms with Crippen LogP contribution in [0.25, 0.3) is 0 Å². The maximum Gasteiger partial charge on any atom is 0.279 e. The Morgan fingerprint density at radius 2 is 2.05 bits per heavy atom. The first-order chi connectivity index (χ1) is 9.45. The molecule has 0 bridgehead atoms. The number of nitrogens with one attached hydrogen (secondary N) is 2. The standard InChI is InChI=1S/C13H17N3O3S/c1-9(2)11-5-3-4-6-12(11)16-20(18,19)13-10(8-17)7-14-15-13/h3-7,9,16-17H,8H2,1-2H3,(H,14,15). The summed E-state index contributed by atoms with van der Waals surface area (Å²) in [6, 6.07) is 7.22. The van der Waals surface area contributed by atoms with Crippen LogP contribution in [0, 0.1) is 0 Å². The number of anilines is 1. The maximum atomic E-state index is 12.3. The van der Waals surface area contributed by atoms with Crippen LogP contribution >= 0.6 is 0 Å². The molecule has 1 aromatic heterocycles. The second-order valence-corrected chi connectivity index (χ2v) is 6.35. The van der Waals surface area contributed by atoms with Gasteiger partial charge in [-0.15, -0.1) is 0 Å². The highest BCUT2D eigenvalue weighted by molar-refractivity contribution is 7.92. The fourth-order valence-corrected chi connectivity index (χ4v) is 3.15. The molecule has 6 nitrogen and oxygen atoms in total. The van der Waals surface area contributed by atoms with Gasteiger partial charge in [-0.2, -0.15) is 13.5 Å². The molecule has 108 valence electrons. The molecule has 0 aliphatic rings. The van der Waals surface area contributed by atoms with Crippen LogP contribution < -0.4 is 4.72 Å². The summed E-state index contributed by atoms with van der Waals surface area (Å²) in [6.45, 7) is 3.59. The summed E-state index contributed by atoms with van der Waals surface area (Å²) in [6.07, 6.45) is 1.29. The first kappa shape index (κ1) is 14.5. The molecule has 2 rings (SSSR count). The summed E-state index contributed by atoms with van der Waals surface area (Å²) >= 11 is 0. The first-order valence-electron chi connectivity index (χ1n) is 6.20. The minimum absolute atomic E-state index is 0.112. The van der Waals surface area contributed by atoms with Crippen molar-refractivity contribution >= 4 is 15.7 Å². The van der Waals surface area contributed by atoms with Crippen molar-refractivity contribution in [2.75, 3.05) is 4.72 Å². The van der Waals surface area contributed by atoms with E-state index in [9.17, 15) is 8.42 Å². The maximum absolute atomic E-state index is 12.3. The van der Waals surface area contributed by atoms with Crippen LogP contribution in [0.4, 0.5) is 5.69 Å². The predicted molar refractivity (Wildman–Crippen MR) is 75.9 cm³/mol. The van der Waals surface area contributed by atoms with Crippen molar-refractivity contribution in [1.82, 2.24) is 10.2 Å². The molecule has 0 saturated heterocycles. The molecule has 0 aliphatic carbocycles. The van der Waals surface area contributed by atoms with E-state index in [1.54, 1.807) is 12.1 Å². The van der Waals surface area contributed by atoms with Crippen LogP contribution in [0.5, 0.6) is 0 Å².